The molecule has 2 saturated heterocycles. The zero-order valence-corrected chi connectivity index (χ0v) is 21.7. The lowest BCUT2D eigenvalue weighted by Gasteiger charge is -2.37. The maximum absolute atomic E-state index is 13.6. The van der Waals surface area contributed by atoms with Gasteiger partial charge in [0.2, 0.25) is 17.7 Å². The topological polar surface area (TPSA) is 179 Å². The van der Waals surface area contributed by atoms with Gasteiger partial charge < -0.3 is 36.2 Å². The molecule has 4 amide bonds. The van der Waals surface area contributed by atoms with Crippen LogP contribution in [0.3, 0.4) is 0 Å². The summed E-state index contributed by atoms with van der Waals surface area (Å²) < 4.78 is 5.22. The molecule has 0 aliphatic carbocycles. The van der Waals surface area contributed by atoms with Crippen LogP contribution in [-0.2, 0) is 25.5 Å². The van der Waals surface area contributed by atoms with Crippen LogP contribution >= 0.6 is 0 Å². The van der Waals surface area contributed by atoms with Crippen LogP contribution in [0, 0.1) is 11.8 Å². The fourth-order valence-electron chi connectivity index (χ4n) is 4.63. The van der Waals surface area contributed by atoms with Gasteiger partial charge in [0.1, 0.15) is 17.8 Å². The Morgan fingerprint density at radius 2 is 1.72 bits per heavy atom. The quantitative estimate of drug-likeness (QED) is 0.288. The normalized spacial score (nSPS) is 28.5. The lowest BCUT2D eigenvalue weighted by Crippen LogP contribution is -2.65. The highest BCUT2D eigenvalue weighted by atomic mass is 16.5. The molecule has 0 radical (unpaired) electrons. The van der Waals surface area contributed by atoms with Crippen LogP contribution in [0.1, 0.15) is 29.9 Å². The fourth-order valence-corrected chi connectivity index (χ4v) is 4.63. The average Bonchev–Trinajstić information content (AvgIpc) is 2.89. The molecule has 2 aliphatic rings. The molecule has 0 bridgehead atoms. The van der Waals surface area contributed by atoms with Gasteiger partial charge in [-0.05, 0) is 31.0 Å². The van der Waals surface area contributed by atoms with Crippen molar-refractivity contribution in [1.29, 1.82) is 0 Å². The van der Waals surface area contributed by atoms with E-state index in [1.807, 2.05) is 30.3 Å². The number of carbonyl (C=O) groups excluding carboxylic acids is 4. The summed E-state index contributed by atoms with van der Waals surface area (Å²) in [6.45, 7) is 3.58. The first-order valence-corrected chi connectivity index (χ1v) is 12.8. The predicted octanol–water partition coefficient (Wildman–Crippen LogP) is -0.740. The number of carbonyl (C=O) groups is 4. The third kappa shape index (κ3) is 6.52. The van der Waals surface area contributed by atoms with Crippen molar-refractivity contribution >= 4 is 23.6 Å². The van der Waals surface area contributed by atoms with Gasteiger partial charge in [0, 0.05) is 12.1 Å². The van der Waals surface area contributed by atoms with E-state index in [9.17, 15) is 29.4 Å². The smallest absolute Gasteiger partial charge is 0.274 e. The monoisotopic (exact) mass is 539 g/mol. The van der Waals surface area contributed by atoms with E-state index in [0.29, 0.717) is 0 Å². The van der Waals surface area contributed by atoms with Crippen molar-refractivity contribution in [1.82, 2.24) is 26.3 Å². The van der Waals surface area contributed by atoms with E-state index in [1.54, 1.807) is 0 Å². The molecule has 6 atom stereocenters. The van der Waals surface area contributed by atoms with E-state index < -0.39 is 59.8 Å². The summed E-state index contributed by atoms with van der Waals surface area (Å²) in [6.07, 6.45) is 0.206. The maximum atomic E-state index is 13.6. The minimum Gasteiger partial charge on any atom is -0.505 e. The Balaban J connectivity index is 1.67. The molecule has 208 valence electrons. The second kappa shape index (κ2) is 12.2. The van der Waals surface area contributed by atoms with Crippen molar-refractivity contribution < 1.29 is 34.1 Å². The first-order valence-electron chi connectivity index (χ1n) is 12.8. The number of nitrogens with zero attached hydrogens (tertiary/aromatic N) is 1. The molecule has 12 nitrogen and oxygen atoms in total. The van der Waals surface area contributed by atoms with Crippen LogP contribution in [0.2, 0.25) is 0 Å². The van der Waals surface area contributed by atoms with Crippen LogP contribution in [0.4, 0.5) is 0 Å². The maximum Gasteiger partial charge on any atom is 0.274 e. The molecule has 12 heteroatoms. The molecule has 2 aromatic rings. The highest BCUT2D eigenvalue weighted by Gasteiger charge is 2.41. The summed E-state index contributed by atoms with van der Waals surface area (Å²) in [5.74, 6) is -4.26. The van der Waals surface area contributed by atoms with Crippen molar-refractivity contribution in [3.05, 3.63) is 59.9 Å². The molecule has 39 heavy (non-hydrogen) atoms. The lowest BCUT2D eigenvalue weighted by molar-refractivity contribution is -0.141. The molecule has 1 unspecified atom stereocenters. The summed E-state index contributed by atoms with van der Waals surface area (Å²) in [6, 6.07) is 7.75. The molecule has 0 spiro atoms. The molecule has 1 aromatic carbocycles. The Labute approximate surface area is 225 Å². The van der Waals surface area contributed by atoms with E-state index in [1.165, 1.54) is 32.2 Å². The third-order valence-electron chi connectivity index (χ3n) is 7.12. The predicted molar refractivity (Wildman–Crippen MR) is 138 cm³/mol. The van der Waals surface area contributed by atoms with Gasteiger partial charge in [-0.25, -0.2) is 4.98 Å². The van der Waals surface area contributed by atoms with Gasteiger partial charge in [0.15, 0.2) is 5.69 Å². The van der Waals surface area contributed by atoms with Gasteiger partial charge in [-0.3, -0.25) is 19.2 Å². The van der Waals surface area contributed by atoms with Crippen molar-refractivity contribution in [2.24, 2.45) is 11.8 Å². The molecule has 1 aromatic heterocycles. The minimum absolute atomic E-state index is 0.202. The number of rotatable bonds is 5. The van der Waals surface area contributed by atoms with Gasteiger partial charge in [-0.1, -0.05) is 37.3 Å². The average molecular weight is 540 g/mol. The highest BCUT2D eigenvalue weighted by Crippen LogP contribution is 2.20. The standard InChI is InChI=1S/C27H33N5O7/c1-14-23(34)18(11-16-7-4-3-5-8-16)30-25(36)20(31-27(38)22-19(33)9-6-10-28-22)15(2)29-26(37)21(32-24(14)35)17-12-39-13-17/h3-10,14-15,17-18,20-21,23,33-34H,11-13H2,1-2H3,(H,29,37)(H,30,36)(H,31,38)(H,32,35)/t14-,15-,18+,20+,21?,23+/m1/s1. The number of aliphatic hydroxyl groups excluding tert-OH is 1. The van der Waals surface area contributed by atoms with E-state index >= 15 is 0 Å². The Kier molecular flexibility index (Phi) is 8.77. The number of benzene rings is 1. The van der Waals surface area contributed by atoms with Crippen LogP contribution < -0.4 is 21.3 Å². The molecule has 0 saturated carbocycles. The SMILES string of the molecule is C[C@H]1NC(=O)C(C2COC2)NC(=O)[C@H](C)[C@H](O)[C@H](Cc2ccccc2)NC(=O)[C@H]1NC(=O)c1ncccc1O. The Hall–Kier alpha value is -4.03. The molecular weight excluding hydrogens is 506 g/mol. The van der Waals surface area contributed by atoms with Crippen LogP contribution in [0.15, 0.2) is 48.7 Å². The summed E-state index contributed by atoms with van der Waals surface area (Å²) in [7, 11) is 0. The van der Waals surface area contributed by atoms with Gasteiger partial charge in [0.25, 0.3) is 5.91 Å². The van der Waals surface area contributed by atoms with E-state index in [0.717, 1.165) is 5.56 Å². The summed E-state index contributed by atoms with van der Waals surface area (Å²) >= 11 is 0. The second-order valence-electron chi connectivity index (χ2n) is 9.99. The van der Waals surface area contributed by atoms with Gasteiger partial charge in [-0.15, -0.1) is 0 Å². The van der Waals surface area contributed by atoms with Crippen LogP contribution in [0.25, 0.3) is 0 Å². The fraction of sp³-hybridized carbons (Fsp3) is 0.444. The van der Waals surface area contributed by atoms with E-state index in [4.69, 9.17) is 4.74 Å². The summed E-state index contributed by atoms with van der Waals surface area (Å²) in [5.41, 5.74) is 0.521. The van der Waals surface area contributed by atoms with E-state index in [-0.39, 0.29) is 37.0 Å². The first kappa shape index (κ1) is 28.0. The number of nitrogens with one attached hydrogen (secondary N) is 4. The summed E-state index contributed by atoms with van der Waals surface area (Å²) in [4.78, 5) is 56.8. The molecular formula is C27H33N5O7. The van der Waals surface area contributed by atoms with Gasteiger partial charge in [0.05, 0.1) is 37.3 Å². The second-order valence-corrected chi connectivity index (χ2v) is 9.99. The largest absolute Gasteiger partial charge is 0.505 e. The van der Waals surface area contributed by atoms with Crippen molar-refractivity contribution in [2.45, 2.75) is 50.5 Å². The molecule has 6 N–H and O–H groups in total. The molecule has 2 aliphatic heterocycles. The number of amides is 4. The van der Waals surface area contributed by atoms with Crippen molar-refractivity contribution in [2.75, 3.05) is 13.2 Å². The summed E-state index contributed by atoms with van der Waals surface area (Å²) in [5, 5.41) is 32.1. The number of pyridine rings is 1. The zero-order valence-electron chi connectivity index (χ0n) is 21.7. The number of aliphatic hydroxyl groups is 1. The minimum atomic E-state index is -1.32. The van der Waals surface area contributed by atoms with Crippen molar-refractivity contribution in [3.8, 4) is 5.75 Å². The lowest BCUT2D eigenvalue weighted by atomic mass is 9.90. The van der Waals surface area contributed by atoms with Gasteiger partial charge in [-0.2, -0.15) is 0 Å². The molecule has 2 fully saturated rings. The number of hydrogen-bond donors (Lipinski definition) is 6. The number of hydrogen-bond acceptors (Lipinski definition) is 8. The zero-order chi connectivity index (χ0) is 28.1. The van der Waals surface area contributed by atoms with Crippen molar-refractivity contribution in [3.63, 3.8) is 0 Å². The third-order valence-corrected chi connectivity index (χ3v) is 7.12. The van der Waals surface area contributed by atoms with Gasteiger partial charge >= 0.3 is 0 Å². The number of aromatic hydroxyl groups is 1. The molecule has 3 heterocycles. The Bertz CT molecular complexity index is 1210. The molecule has 4 rings (SSSR count). The Morgan fingerprint density at radius 1 is 1.00 bits per heavy atom. The Morgan fingerprint density at radius 3 is 2.36 bits per heavy atom. The number of aromatic nitrogens is 1. The first-order chi connectivity index (χ1) is 18.7. The van der Waals surface area contributed by atoms with E-state index in [2.05, 4.69) is 26.3 Å². The highest BCUT2D eigenvalue weighted by molar-refractivity contribution is 5.98. The van der Waals surface area contributed by atoms with Crippen LogP contribution in [-0.4, -0.2) is 82.3 Å². The number of ether oxygens (including phenoxy) is 1. The van der Waals surface area contributed by atoms with Crippen LogP contribution in [0.5, 0.6) is 5.75 Å².